The van der Waals surface area contributed by atoms with Crippen molar-refractivity contribution in [2.24, 2.45) is 11.8 Å². The van der Waals surface area contributed by atoms with Crippen LogP contribution in [-0.2, 0) is 0 Å². The number of aromatic nitrogens is 1. The molecule has 3 fully saturated rings. The molecule has 4 atom stereocenters. The molecule has 1 aromatic carbocycles. The van der Waals surface area contributed by atoms with E-state index in [2.05, 4.69) is 22.5 Å². The third-order valence-corrected chi connectivity index (χ3v) is 5.22. The molecule has 4 heterocycles. The summed E-state index contributed by atoms with van der Waals surface area (Å²) in [6.07, 6.45) is 6.40. The Morgan fingerprint density at radius 2 is 2.26 bits per heavy atom. The Morgan fingerprint density at radius 3 is 3.00 bits per heavy atom. The first-order chi connectivity index (χ1) is 11.3. The fourth-order valence-corrected chi connectivity index (χ4v) is 3.89. The summed E-state index contributed by atoms with van der Waals surface area (Å²) in [6.45, 7) is 6.16. The molecule has 2 bridgehead atoms. The maximum Gasteiger partial charge on any atom is 0.153 e. The summed E-state index contributed by atoms with van der Waals surface area (Å²) in [7, 11) is 1.68. The third kappa shape index (κ3) is 2.57. The maximum absolute atomic E-state index is 6.39. The zero-order valence-electron chi connectivity index (χ0n) is 13.4. The molecule has 0 amide bonds. The summed E-state index contributed by atoms with van der Waals surface area (Å²) >= 11 is 0. The van der Waals surface area contributed by atoms with E-state index in [-0.39, 0.29) is 6.23 Å². The Kier molecular flexibility index (Phi) is 3.69. The molecule has 5 rings (SSSR count). The Balaban J connectivity index is 1.62. The molecule has 4 nitrogen and oxygen atoms in total. The van der Waals surface area contributed by atoms with Gasteiger partial charge in [-0.3, -0.25) is 9.88 Å². The predicted octanol–water partition coefficient (Wildman–Crippen LogP) is 3.48. The molecule has 0 spiro atoms. The molecular formula is C19H22N2O2. The van der Waals surface area contributed by atoms with Gasteiger partial charge in [0, 0.05) is 31.1 Å². The van der Waals surface area contributed by atoms with Crippen LogP contribution in [0, 0.1) is 11.8 Å². The molecule has 0 radical (unpaired) electrons. The maximum atomic E-state index is 6.39. The Bertz CT molecular complexity index is 730. The van der Waals surface area contributed by atoms with E-state index in [1.54, 1.807) is 7.11 Å². The van der Waals surface area contributed by atoms with Crippen molar-refractivity contribution in [3.8, 4) is 11.5 Å². The van der Waals surface area contributed by atoms with Crippen LogP contribution in [0.1, 0.15) is 12.8 Å². The van der Waals surface area contributed by atoms with Crippen LogP contribution in [0.5, 0.6) is 11.5 Å². The van der Waals surface area contributed by atoms with E-state index < -0.39 is 0 Å². The Hall–Kier alpha value is -2.07. The second-order valence-electron chi connectivity index (χ2n) is 6.44. The largest absolute Gasteiger partial charge is 0.497 e. The zero-order valence-corrected chi connectivity index (χ0v) is 13.4. The molecule has 3 aliphatic heterocycles. The lowest BCUT2D eigenvalue weighted by Crippen LogP contribution is -2.55. The number of piperidine rings is 3. The van der Waals surface area contributed by atoms with E-state index in [0.29, 0.717) is 11.8 Å². The average Bonchev–Trinajstić information content (AvgIpc) is 2.62. The molecule has 120 valence electrons. The first-order valence-corrected chi connectivity index (χ1v) is 8.24. The van der Waals surface area contributed by atoms with Crippen molar-refractivity contribution in [2.75, 3.05) is 20.2 Å². The van der Waals surface area contributed by atoms with Crippen molar-refractivity contribution in [1.82, 2.24) is 9.88 Å². The van der Waals surface area contributed by atoms with Gasteiger partial charge in [0.1, 0.15) is 11.5 Å². The van der Waals surface area contributed by atoms with E-state index in [9.17, 15) is 0 Å². The summed E-state index contributed by atoms with van der Waals surface area (Å²) in [6, 6.07) is 7.86. The van der Waals surface area contributed by atoms with Gasteiger partial charge in [0.25, 0.3) is 0 Å². The lowest BCUT2D eigenvalue weighted by molar-refractivity contribution is -0.0776. The first-order valence-electron chi connectivity index (χ1n) is 8.24. The minimum absolute atomic E-state index is 0.154. The van der Waals surface area contributed by atoms with Crippen LogP contribution < -0.4 is 9.47 Å². The number of hydrogen-bond donors (Lipinski definition) is 0. The van der Waals surface area contributed by atoms with Crippen molar-refractivity contribution in [2.45, 2.75) is 19.1 Å². The smallest absolute Gasteiger partial charge is 0.153 e. The molecule has 0 saturated carbocycles. The molecule has 0 aliphatic carbocycles. The fourth-order valence-electron chi connectivity index (χ4n) is 3.89. The molecular weight excluding hydrogens is 288 g/mol. The molecule has 23 heavy (non-hydrogen) atoms. The van der Waals surface area contributed by atoms with Crippen LogP contribution in [0.25, 0.3) is 10.9 Å². The van der Waals surface area contributed by atoms with Gasteiger partial charge in [-0.15, -0.1) is 6.58 Å². The SMILES string of the molecule is C=C[C@H]1CN2CC[C@H]1CC2Oc1ccnc2ccc(OC)cc12. The fraction of sp³-hybridized carbons (Fsp3) is 0.421. The summed E-state index contributed by atoms with van der Waals surface area (Å²) in [5.74, 6) is 3.03. The second kappa shape index (κ2) is 5.85. The predicted molar refractivity (Wildman–Crippen MR) is 90.7 cm³/mol. The van der Waals surface area contributed by atoms with E-state index in [0.717, 1.165) is 41.9 Å². The number of fused-ring (bicyclic) bond motifs is 4. The van der Waals surface area contributed by atoms with Crippen molar-refractivity contribution < 1.29 is 9.47 Å². The van der Waals surface area contributed by atoms with Crippen molar-refractivity contribution >= 4 is 10.9 Å². The molecule has 1 aromatic heterocycles. The van der Waals surface area contributed by atoms with Gasteiger partial charge in [0.15, 0.2) is 6.23 Å². The number of ether oxygens (including phenoxy) is 2. The number of pyridine rings is 1. The highest BCUT2D eigenvalue weighted by Crippen LogP contribution is 2.38. The van der Waals surface area contributed by atoms with Gasteiger partial charge in [-0.05, 0) is 42.5 Å². The van der Waals surface area contributed by atoms with Gasteiger partial charge in [-0.1, -0.05) is 6.08 Å². The van der Waals surface area contributed by atoms with Crippen molar-refractivity contribution in [3.05, 3.63) is 43.1 Å². The van der Waals surface area contributed by atoms with Gasteiger partial charge >= 0.3 is 0 Å². The number of rotatable bonds is 4. The van der Waals surface area contributed by atoms with Crippen LogP contribution in [0.3, 0.4) is 0 Å². The van der Waals surface area contributed by atoms with E-state index in [4.69, 9.17) is 9.47 Å². The van der Waals surface area contributed by atoms with Gasteiger partial charge < -0.3 is 9.47 Å². The van der Waals surface area contributed by atoms with E-state index >= 15 is 0 Å². The van der Waals surface area contributed by atoms with Gasteiger partial charge in [-0.25, -0.2) is 0 Å². The summed E-state index contributed by atoms with van der Waals surface area (Å²) in [5.41, 5.74) is 0.934. The number of benzene rings is 1. The number of nitrogens with zero attached hydrogens (tertiary/aromatic N) is 2. The van der Waals surface area contributed by atoms with Gasteiger partial charge in [0.05, 0.1) is 12.6 Å². The topological polar surface area (TPSA) is 34.6 Å². The molecule has 2 aromatic rings. The third-order valence-electron chi connectivity index (χ3n) is 5.22. The minimum Gasteiger partial charge on any atom is -0.497 e. The monoisotopic (exact) mass is 310 g/mol. The molecule has 4 heteroatoms. The highest BCUT2D eigenvalue weighted by molar-refractivity contribution is 5.86. The quantitative estimate of drug-likeness (QED) is 0.810. The van der Waals surface area contributed by atoms with Crippen molar-refractivity contribution in [3.63, 3.8) is 0 Å². The molecule has 0 N–H and O–H groups in total. The number of hydrogen-bond acceptors (Lipinski definition) is 4. The van der Waals surface area contributed by atoms with Crippen LogP contribution >= 0.6 is 0 Å². The van der Waals surface area contributed by atoms with Crippen LogP contribution in [-0.4, -0.2) is 36.3 Å². The van der Waals surface area contributed by atoms with E-state index in [1.165, 1.54) is 6.42 Å². The van der Waals surface area contributed by atoms with Crippen molar-refractivity contribution in [1.29, 1.82) is 0 Å². The summed E-state index contributed by atoms with van der Waals surface area (Å²) in [4.78, 5) is 6.86. The second-order valence-corrected chi connectivity index (χ2v) is 6.44. The minimum atomic E-state index is 0.154. The standard InChI is InChI=1S/C19H22N2O2/c1-3-13-12-21-9-7-14(13)10-19(21)23-18-6-8-20-17-5-4-15(22-2)11-16(17)18/h3-6,8,11,13-14,19H,1,7,9-10,12H2,2H3/t13-,14-,19?/m0/s1. The van der Waals surface area contributed by atoms with Crippen LogP contribution in [0.15, 0.2) is 43.1 Å². The first kappa shape index (κ1) is 14.5. The van der Waals surface area contributed by atoms with Crippen LogP contribution in [0.2, 0.25) is 0 Å². The normalized spacial score (nSPS) is 29.4. The average molecular weight is 310 g/mol. The molecule has 3 aliphatic rings. The van der Waals surface area contributed by atoms with Crippen LogP contribution in [0.4, 0.5) is 0 Å². The molecule has 3 saturated heterocycles. The lowest BCUT2D eigenvalue weighted by Gasteiger charge is -2.48. The number of methoxy groups -OCH3 is 1. The summed E-state index contributed by atoms with van der Waals surface area (Å²) in [5, 5.41) is 1.01. The van der Waals surface area contributed by atoms with Gasteiger partial charge in [-0.2, -0.15) is 0 Å². The Labute approximate surface area is 136 Å². The zero-order chi connectivity index (χ0) is 15.8. The summed E-state index contributed by atoms with van der Waals surface area (Å²) < 4.78 is 11.7. The highest BCUT2D eigenvalue weighted by Gasteiger charge is 2.40. The Morgan fingerprint density at radius 1 is 1.35 bits per heavy atom. The highest BCUT2D eigenvalue weighted by atomic mass is 16.5. The van der Waals surface area contributed by atoms with Gasteiger partial charge in [0.2, 0.25) is 0 Å². The molecule has 2 unspecified atom stereocenters. The van der Waals surface area contributed by atoms with E-state index in [1.807, 2.05) is 30.5 Å². The lowest BCUT2D eigenvalue weighted by atomic mass is 9.78.